The molecule has 3 aromatic rings. The van der Waals surface area contributed by atoms with E-state index in [1.54, 1.807) is 24.5 Å². The van der Waals surface area contributed by atoms with Gasteiger partial charge >= 0.3 is 0 Å². The molecule has 0 saturated carbocycles. The third kappa shape index (κ3) is 4.76. The molecule has 36 heavy (non-hydrogen) atoms. The number of likely N-dealkylation sites (tertiary alicyclic amines) is 1. The van der Waals surface area contributed by atoms with Crippen molar-refractivity contribution in [3.63, 3.8) is 0 Å². The molecule has 186 valence electrons. The van der Waals surface area contributed by atoms with Gasteiger partial charge < -0.3 is 10.2 Å². The molecule has 0 bridgehead atoms. The van der Waals surface area contributed by atoms with E-state index in [4.69, 9.17) is 0 Å². The van der Waals surface area contributed by atoms with Crippen LogP contribution >= 0.6 is 0 Å². The molecule has 1 aromatic heterocycles. The lowest BCUT2D eigenvalue weighted by atomic mass is 9.96. The van der Waals surface area contributed by atoms with E-state index in [1.807, 2.05) is 29.2 Å². The molecular formula is C26H26FN5O3S. The summed E-state index contributed by atoms with van der Waals surface area (Å²) in [5.74, 6) is -0.781. The number of fused-ring (bicyclic) bond motifs is 1. The highest BCUT2D eigenvalue weighted by atomic mass is 32.2. The third-order valence-corrected chi connectivity index (χ3v) is 8.24. The number of pyridine rings is 1. The number of aromatic nitrogens is 1. The molecule has 2 aliphatic rings. The van der Waals surface area contributed by atoms with Crippen molar-refractivity contribution in [1.29, 1.82) is 5.26 Å². The Kier molecular flexibility index (Phi) is 6.36. The number of amides is 1. The molecular weight excluding hydrogens is 481 g/mol. The SMILES string of the molecule is CS(=O)(=O)N1CC(C(=O)N2CCC(Nc3cc(-c4ccc(F)c(C#N)c4)cc4ccncc34)CC2)C1. The number of nitrogens with zero attached hydrogens (tertiary/aromatic N) is 4. The van der Waals surface area contributed by atoms with E-state index in [1.165, 1.54) is 10.4 Å². The van der Waals surface area contributed by atoms with Crippen molar-refractivity contribution in [2.45, 2.75) is 18.9 Å². The molecule has 0 aliphatic carbocycles. The molecule has 2 saturated heterocycles. The molecule has 2 fully saturated rings. The normalized spacial score (nSPS) is 17.5. The molecule has 1 amide bonds. The standard InChI is InChI=1S/C26H26FN5O3S/c1-36(34,35)32-15-21(16-32)26(33)31-8-5-22(6-9-31)30-25-12-19(11-18-4-7-29-14-23(18)25)17-2-3-24(27)20(10-17)13-28/h2-4,7,10-12,14,21-22,30H,5-6,8-9,15-16H2,1H3. The van der Waals surface area contributed by atoms with Gasteiger partial charge in [0.15, 0.2) is 0 Å². The largest absolute Gasteiger partial charge is 0.382 e. The third-order valence-electron chi connectivity index (χ3n) is 7.01. The average molecular weight is 508 g/mol. The van der Waals surface area contributed by atoms with Crippen molar-refractivity contribution in [3.05, 3.63) is 60.2 Å². The van der Waals surface area contributed by atoms with Crippen LogP contribution in [0.5, 0.6) is 0 Å². The Hall–Kier alpha value is -3.55. The minimum Gasteiger partial charge on any atom is -0.382 e. The number of nitriles is 1. The van der Waals surface area contributed by atoms with E-state index in [9.17, 15) is 22.9 Å². The number of piperidine rings is 1. The number of carbonyl (C=O) groups excluding carboxylic acids is 1. The molecule has 10 heteroatoms. The van der Waals surface area contributed by atoms with Gasteiger partial charge in [-0.3, -0.25) is 9.78 Å². The van der Waals surface area contributed by atoms with Crippen LogP contribution in [0.25, 0.3) is 21.9 Å². The van der Waals surface area contributed by atoms with Gasteiger partial charge in [0.25, 0.3) is 0 Å². The number of sulfonamides is 1. The second-order valence-corrected chi connectivity index (χ2v) is 11.4. The van der Waals surface area contributed by atoms with Gasteiger partial charge in [-0.1, -0.05) is 6.07 Å². The quantitative estimate of drug-likeness (QED) is 0.569. The molecule has 0 radical (unpaired) electrons. The minimum absolute atomic E-state index is 0.00000644. The molecule has 3 heterocycles. The van der Waals surface area contributed by atoms with Crippen LogP contribution in [0.1, 0.15) is 18.4 Å². The molecule has 1 N–H and O–H groups in total. The van der Waals surface area contributed by atoms with Crippen molar-refractivity contribution in [1.82, 2.24) is 14.2 Å². The summed E-state index contributed by atoms with van der Waals surface area (Å²) in [6, 6.07) is 12.5. The number of nitrogens with one attached hydrogen (secondary N) is 1. The zero-order valence-corrected chi connectivity index (χ0v) is 20.6. The van der Waals surface area contributed by atoms with Gasteiger partial charge in [0, 0.05) is 55.7 Å². The van der Waals surface area contributed by atoms with Crippen LogP contribution in [0.4, 0.5) is 10.1 Å². The van der Waals surface area contributed by atoms with Gasteiger partial charge in [-0.15, -0.1) is 0 Å². The molecule has 2 aliphatic heterocycles. The maximum atomic E-state index is 13.9. The predicted molar refractivity (Wildman–Crippen MR) is 135 cm³/mol. The Labute approximate surface area is 209 Å². The molecule has 0 atom stereocenters. The van der Waals surface area contributed by atoms with Gasteiger partial charge in [-0.05, 0) is 59.7 Å². The number of hydrogen-bond acceptors (Lipinski definition) is 6. The van der Waals surface area contributed by atoms with E-state index in [0.29, 0.717) is 13.1 Å². The van der Waals surface area contributed by atoms with Crippen LogP contribution in [-0.4, -0.2) is 67.0 Å². The van der Waals surface area contributed by atoms with Crippen molar-refractivity contribution < 1.29 is 17.6 Å². The van der Waals surface area contributed by atoms with Crippen LogP contribution in [0, 0.1) is 23.1 Å². The fourth-order valence-electron chi connectivity index (χ4n) is 4.86. The Balaban J connectivity index is 1.30. The maximum Gasteiger partial charge on any atom is 0.228 e. The van der Waals surface area contributed by atoms with Crippen LogP contribution < -0.4 is 5.32 Å². The summed E-state index contributed by atoms with van der Waals surface area (Å²) in [5, 5.41) is 14.8. The number of rotatable bonds is 5. The summed E-state index contributed by atoms with van der Waals surface area (Å²) in [6.45, 7) is 1.73. The molecule has 8 nitrogen and oxygen atoms in total. The summed E-state index contributed by atoms with van der Waals surface area (Å²) in [6.07, 6.45) is 6.20. The van der Waals surface area contributed by atoms with E-state index in [0.717, 1.165) is 46.7 Å². The first-order valence-electron chi connectivity index (χ1n) is 11.8. The first-order chi connectivity index (χ1) is 17.2. The van der Waals surface area contributed by atoms with Gasteiger partial charge in [-0.25, -0.2) is 17.1 Å². The Morgan fingerprint density at radius 2 is 1.89 bits per heavy atom. The fraction of sp³-hybridized carbons (Fsp3) is 0.346. The maximum absolute atomic E-state index is 13.9. The summed E-state index contributed by atoms with van der Waals surface area (Å²) in [5.41, 5.74) is 2.51. The average Bonchev–Trinajstić information content (AvgIpc) is 2.83. The van der Waals surface area contributed by atoms with E-state index >= 15 is 0 Å². The van der Waals surface area contributed by atoms with E-state index < -0.39 is 15.8 Å². The lowest BCUT2D eigenvalue weighted by Gasteiger charge is -2.41. The van der Waals surface area contributed by atoms with Gasteiger partial charge in [0.05, 0.1) is 17.7 Å². The van der Waals surface area contributed by atoms with Gasteiger partial charge in [0.2, 0.25) is 15.9 Å². The summed E-state index contributed by atoms with van der Waals surface area (Å²) >= 11 is 0. The van der Waals surface area contributed by atoms with Gasteiger partial charge in [0.1, 0.15) is 11.9 Å². The highest BCUT2D eigenvalue weighted by molar-refractivity contribution is 7.88. The minimum atomic E-state index is -3.24. The molecule has 5 rings (SSSR count). The number of halogens is 1. The zero-order valence-electron chi connectivity index (χ0n) is 19.8. The first-order valence-corrected chi connectivity index (χ1v) is 13.7. The molecule has 0 spiro atoms. The van der Waals surface area contributed by atoms with E-state index in [2.05, 4.69) is 10.3 Å². The zero-order chi connectivity index (χ0) is 25.4. The number of anilines is 1. The number of benzene rings is 2. The summed E-state index contributed by atoms with van der Waals surface area (Å²) < 4.78 is 38.4. The van der Waals surface area contributed by atoms with Crippen LogP contribution in [-0.2, 0) is 14.8 Å². The lowest BCUT2D eigenvalue weighted by Crippen LogP contribution is -2.57. The Bertz CT molecular complexity index is 1470. The number of carbonyl (C=O) groups is 1. The summed E-state index contributed by atoms with van der Waals surface area (Å²) in [7, 11) is -3.24. The highest BCUT2D eigenvalue weighted by Gasteiger charge is 2.40. The second-order valence-electron chi connectivity index (χ2n) is 9.45. The van der Waals surface area contributed by atoms with Crippen molar-refractivity contribution in [3.8, 4) is 17.2 Å². The fourth-order valence-corrected chi connectivity index (χ4v) is 5.76. The highest BCUT2D eigenvalue weighted by Crippen LogP contribution is 2.33. The van der Waals surface area contributed by atoms with Crippen molar-refractivity contribution >= 4 is 32.4 Å². The monoisotopic (exact) mass is 507 g/mol. The first kappa shape index (κ1) is 24.2. The van der Waals surface area contributed by atoms with Crippen LogP contribution in [0.15, 0.2) is 48.8 Å². The Morgan fingerprint density at radius 3 is 2.58 bits per heavy atom. The van der Waals surface area contributed by atoms with Crippen molar-refractivity contribution in [2.75, 3.05) is 37.8 Å². The second kappa shape index (κ2) is 9.48. The smallest absolute Gasteiger partial charge is 0.228 e. The molecule has 0 unspecified atom stereocenters. The van der Waals surface area contributed by atoms with Crippen LogP contribution in [0.2, 0.25) is 0 Å². The number of hydrogen-bond donors (Lipinski definition) is 1. The van der Waals surface area contributed by atoms with Gasteiger partial charge in [-0.2, -0.15) is 5.26 Å². The predicted octanol–water partition coefficient (Wildman–Crippen LogP) is 3.21. The Morgan fingerprint density at radius 1 is 1.14 bits per heavy atom. The van der Waals surface area contributed by atoms with Crippen molar-refractivity contribution in [2.24, 2.45) is 5.92 Å². The topological polar surface area (TPSA) is 106 Å². The molecule has 2 aromatic carbocycles. The van der Waals surface area contributed by atoms with E-state index in [-0.39, 0.29) is 36.5 Å². The summed E-state index contributed by atoms with van der Waals surface area (Å²) in [4.78, 5) is 18.9. The van der Waals surface area contributed by atoms with Crippen LogP contribution in [0.3, 0.4) is 0 Å². The lowest BCUT2D eigenvalue weighted by molar-refractivity contribution is -0.139.